The van der Waals surface area contributed by atoms with Gasteiger partial charge in [0.2, 0.25) is 0 Å². The third-order valence-corrected chi connectivity index (χ3v) is 3.65. The molecule has 0 radical (unpaired) electrons. The number of nitrogens with zero attached hydrogens (tertiary/aromatic N) is 1. The van der Waals surface area contributed by atoms with Gasteiger partial charge in [0.25, 0.3) is 0 Å². The maximum absolute atomic E-state index is 12.3. The van der Waals surface area contributed by atoms with Crippen LogP contribution in [0.25, 0.3) is 0 Å². The van der Waals surface area contributed by atoms with Gasteiger partial charge in [-0.2, -0.15) is 13.2 Å². The Kier molecular flexibility index (Phi) is 5.95. The highest BCUT2D eigenvalue weighted by molar-refractivity contribution is 7.99. The molecule has 1 aromatic heterocycles. The van der Waals surface area contributed by atoms with Gasteiger partial charge >= 0.3 is 6.18 Å². The molecule has 102 valence electrons. The number of thioether (sulfide) groups is 1. The minimum atomic E-state index is -4.31. The summed E-state index contributed by atoms with van der Waals surface area (Å²) in [5.74, 6) is 0.808. The second-order valence-electron chi connectivity index (χ2n) is 3.97. The molecule has 0 fully saturated rings. The van der Waals surface area contributed by atoms with E-state index in [0.29, 0.717) is 11.1 Å². The molecule has 0 aromatic carbocycles. The van der Waals surface area contributed by atoms with Gasteiger partial charge in [-0.3, -0.25) is 0 Å². The first-order chi connectivity index (χ1) is 8.47. The summed E-state index contributed by atoms with van der Waals surface area (Å²) in [6.07, 6.45) is -1.31. The molecule has 0 aliphatic rings. The maximum atomic E-state index is 12.3. The number of aromatic nitrogens is 1. The molecule has 1 unspecified atom stereocenters. The number of hydrogen-bond donors (Lipinski definition) is 1. The lowest BCUT2D eigenvalue weighted by Crippen LogP contribution is -2.27. The van der Waals surface area contributed by atoms with Gasteiger partial charge in [0, 0.05) is 18.0 Å². The number of nitrogens with one attached hydrogen (secondary N) is 1. The zero-order valence-corrected chi connectivity index (χ0v) is 11.2. The fraction of sp³-hybridized carbons (Fsp3) is 0.583. The fourth-order valence-corrected chi connectivity index (χ4v) is 2.48. The van der Waals surface area contributed by atoms with Crippen molar-refractivity contribution in [2.75, 3.05) is 12.8 Å². The predicted octanol–water partition coefficient (Wildman–Crippen LogP) is 3.58. The Bertz CT molecular complexity index is 351. The van der Waals surface area contributed by atoms with Gasteiger partial charge in [-0.15, -0.1) is 11.8 Å². The SMILES string of the molecule is CCCC(CSc1ccc(C(F)(F)F)cn1)NC. The number of alkyl halides is 3. The van der Waals surface area contributed by atoms with E-state index in [2.05, 4.69) is 17.2 Å². The molecule has 1 N–H and O–H groups in total. The molecule has 0 aliphatic heterocycles. The smallest absolute Gasteiger partial charge is 0.316 e. The maximum Gasteiger partial charge on any atom is 0.417 e. The molecule has 0 spiro atoms. The summed E-state index contributed by atoms with van der Waals surface area (Å²) in [6.45, 7) is 2.10. The van der Waals surface area contributed by atoms with Crippen molar-refractivity contribution in [3.63, 3.8) is 0 Å². The first-order valence-corrected chi connectivity index (χ1v) is 6.79. The molecule has 18 heavy (non-hydrogen) atoms. The van der Waals surface area contributed by atoms with Crippen LogP contribution < -0.4 is 5.32 Å². The summed E-state index contributed by atoms with van der Waals surface area (Å²) >= 11 is 1.47. The normalized spacial score (nSPS) is 13.6. The molecular weight excluding hydrogens is 261 g/mol. The van der Waals surface area contributed by atoms with Crippen LogP contribution in [-0.4, -0.2) is 23.8 Å². The topological polar surface area (TPSA) is 24.9 Å². The van der Waals surface area contributed by atoms with Gasteiger partial charge < -0.3 is 5.32 Å². The van der Waals surface area contributed by atoms with E-state index >= 15 is 0 Å². The van der Waals surface area contributed by atoms with Crippen molar-refractivity contribution in [3.8, 4) is 0 Å². The number of hydrogen-bond acceptors (Lipinski definition) is 3. The second kappa shape index (κ2) is 6.99. The minimum absolute atomic E-state index is 0.365. The molecule has 0 saturated carbocycles. The van der Waals surface area contributed by atoms with E-state index in [1.807, 2.05) is 7.05 Å². The summed E-state index contributed by atoms with van der Waals surface area (Å²) in [4.78, 5) is 3.83. The highest BCUT2D eigenvalue weighted by atomic mass is 32.2. The van der Waals surface area contributed by atoms with Crippen molar-refractivity contribution in [2.24, 2.45) is 0 Å². The van der Waals surface area contributed by atoms with Crippen molar-refractivity contribution in [2.45, 2.75) is 37.0 Å². The van der Waals surface area contributed by atoms with Crippen molar-refractivity contribution in [1.29, 1.82) is 0 Å². The van der Waals surface area contributed by atoms with Gasteiger partial charge in [-0.25, -0.2) is 4.98 Å². The average Bonchev–Trinajstić information content (AvgIpc) is 2.34. The Morgan fingerprint density at radius 1 is 1.39 bits per heavy atom. The van der Waals surface area contributed by atoms with Crippen molar-refractivity contribution in [1.82, 2.24) is 10.3 Å². The molecule has 2 nitrogen and oxygen atoms in total. The third kappa shape index (κ3) is 4.86. The lowest BCUT2D eigenvalue weighted by molar-refractivity contribution is -0.137. The second-order valence-corrected chi connectivity index (χ2v) is 5.01. The van der Waals surface area contributed by atoms with Crippen LogP contribution in [0.5, 0.6) is 0 Å². The van der Waals surface area contributed by atoms with E-state index < -0.39 is 11.7 Å². The molecule has 1 heterocycles. The highest BCUT2D eigenvalue weighted by Crippen LogP contribution is 2.29. The molecule has 1 rings (SSSR count). The van der Waals surface area contributed by atoms with E-state index in [0.717, 1.165) is 30.9 Å². The van der Waals surface area contributed by atoms with Crippen LogP contribution in [0, 0.1) is 0 Å². The zero-order chi connectivity index (χ0) is 13.6. The van der Waals surface area contributed by atoms with Crippen LogP contribution in [0.2, 0.25) is 0 Å². The van der Waals surface area contributed by atoms with E-state index in [4.69, 9.17) is 0 Å². The summed E-state index contributed by atoms with van der Waals surface area (Å²) < 4.78 is 37.0. The third-order valence-electron chi connectivity index (χ3n) is 2.54. The van der Waals surface area contributed by atoms with Gasteiger partial charge in [0.1, 0.15) is 0 Å². The first-order valence-electron chi connectivity index (χ1n) is 5.80. The van der Waals surface area contributed by atoms with Crippen LogP contribution in [0.4, 0.5) is 13.2 Å². The fourth-order valence-electron chi connectivity index (χ4n) is 1.48. The van der Waals surface area contributed by atoms with Crippen LogP contribution in [0.3, 0.4) is 0 Å². The Balaban J connectivity index is 2.53. The van der Waals surface area contributed by atoms with Crippen molar-refractivity contribution < 1.29 is 13.2 Å². The lowest BCUT2D eigenvalue weighted by atomic mass is 10.2. The molecule has 0 amide bonds. The van der Waals surface area contributed by atoms with Gasteiger partial charge in [-0.1, -0.05) is 13.3 Å². The monoisotopic (exact) mass is 278 g/mol. The van der Waals surface area contributed by atoms with Gasteiger partial charge in [-0.05, 0) is 25.6 Å². The summed E-state index contributed by atoms with van der Waals surface area (Å²) in [5.41, 5.74) is -0.703. The summed E-state index contributed by atoms with van der Waals surface area (Å²) in [5, 5.41) is 3.80. The molecule has 1 aromatic rings. The standard InChI is InChI=1S/C12H17F3N2S/c1-3-4-10(16-2)8-18-11-6-5-9(7-17-11)12(13,14)15/h5-7,10,16H,3-4,8H2,1-2H3. The molecule has 0 bridgehead atoms. The van der Waals surface area contributed by atoms with Crippen LogP contribution in [-0.2, 0) is 6.18 Å². The summed E-state index contributed by atoms with van der Waals surface area (Å²) in [6, 6.07) is 2.86. The molecule has 1 atom stereocenters. The Labute approximate surface area is 109 Å². The highest BCUT2D eigenvalue weighted by Gasteiger charge is 2.30. The van der Waals surface area contributed by atoms with Gasteiger partial charge in [0.15, 0.2) is 0 Å². The number of pyridine rings is 1. The first kappa shape index (κ1) is 15.3. The molecule has 0 saturated heterocycles. The zero-order valence-electron chi connectivity index (χ0n) is 10.4. The quantitative estimate of drug-likeness (QED) is 0.805. The predicted molar refractivity (Wildman–Crippen MR) is 67.7 cm³/mol. The van der Waals surface area contributed by atoms with E-state index in [-0.39, 0.29) is 0 Å². The minimum Gasteiger partial charge on any atom is -0.316 e. The average molecular weight is 278 g/mol. The van der Waals surface area contributed by atoms with Crippen LogP contribution in [0.15, 0.2) is 23.4 Å². The Morgan fingerprint density at radius 3 is 2.56 bits per heavy atom. The largest absolute Gasteiger partial charge is 0.417 e. The molecule has 0 aliphatic carbocycles. The number of halogens is 3. The van der Waals surface area contributed by atoms with Crippen LogP contribution >= 0.6 is 11.8 Å². The van der Waals surface area contributed by atoms with Gasteiger partial charge in [0.05, 0.1) is 10.6 Å². The summed E-state index contributed by atoms with van der Waals surface area (Å²) in [7, 11) is 1.89. The molecular formula is C12H17F3N2S. The Morgan fingerprint density at radius 2 is 2.11 bits per heavy atom. The lowest BCUT2D eigenvalue weighted by Gasteiger charge is -2.14. The Hall–Kier alpha value is -0.750. The van der Waals surface area contributed by atoms with Crippen molar-refractivity contribution in [3.05, 3.63) is 23.9 Å². The number of rotatable bonds is 6. The van der Waals surface area contributed by atoms with Crippen LogP contribution in [0.1, 0.15) is 25.3 Å². The van der Waals surface area contributed by atoms with E-state index in [1.165, 1.54) is 17.8 Å². The van der Waals surface area contributed by atoms with Crippen molar-refractivity contribution >= 4 is 11.8 Å². The van der Waals surface area contributed by atoms with E-state index in [9.17, 15) is 13.2 Å². The van der Waals surface area contributed by atoms with E-state index in [1.54, 1.807) is 0 Å². The molecule has 6 heteroatoms.